The van der Waals surface area contributed by atoms with Gasteiger partial charge in [-0.05, 0) is 20.8 Å². The highest BCUT2D eigenvalue weighted by Crippen LogP contribution is 2.24. The number of rotatable bonds is 6. The van der Waals surface area contributed by atoms with Crippen LogP contribution in [0.1, 0.15) is 26.3 Å². The lowest BCUT2D eigenvalue weighted by atomic mass is 10.2. The second-order valence-corrected chi connectivity index (χ2v) is 7.02. The van der Waals surface area contributed by atoms with Crippen LogP contribution in [0.2, 0.25) is 0 Å². The fourth-order valence-electron chi connectivity index (χ4n) is 2.12. The minimum absolute atomic E-state index is 0.0741. The fourth-order valence-corrected chi connectivity index (χ4v) is 2.37. The van der Waals surface area contributed by atoms with E-state index in [1.807, 2.05) is 0 Å². The van der Waals surface area contributed by atoms with Gasteiger partial charge in [0.15, 0.2) is 0 Å². The van der Waals surface area contributed by atoms with Crippen LogP contribution in [-0.2, 0) is 15.8 Å². The summed E-state index contributed by atoms with van der Waals surface area (Å²) >= 11 is 0. The molecule has 11 heteroatoms. The summed E-state index contributed by atoms with van der Waals surface area (Å²) < 4.78 is 10.1. The standard InChI is InChI=1S/C14H21N4O6P/c1-14(2,3)24-13(20)18(4-5-23-25(21)22)7-9-6-15-11-10(9)16-8-17-12(11)19/h6,8,15,21-22H,4-5,7H2,1-3H3,(H,16,17,19). The van der Waals surface area contributed by atoms with E-state index in [4.69, 9.17) is 19.0 Å². The molecule has 25 heavy (non-hydrogen) atoms. The van der Waals surface area contributed by atoms with Crippen LogP contribution in [0, 0.1) is 0 Å². The first-order chi connectivity index (χ1) is 11.7. The van der Waals surface area contributed by atoms with E-state index in [0.717, 1.165) is 0 Å². The number of nitrogens with zero attached hydrogens (tertiary/aromatic N) is 2. The first-order valence-corrected chi connectivity index (χ1v) is 8.66. The second-order valence-electron chi connectivity index (χ2n) is 6.26. The summed E-state index contributed by atoms with van der Waals surface area (Å²) in [6.45, 7) is 5.34. The molecular formula is C14H21N4O6P. The maximum atomic E-state index is 12.4. The van der Waals surface area contributed by atoms with Gasteiger partial charge in [0.05, 0.1) is 19.5 Å². The van der Waals surface area contributed by atoms with Crippen molar-refractivity contribution in [3.8, 4) is 0 Å². The molecule has 0 aliphatic rings. The molecule has 4 N–H and O–H groups in total. The molecule has 10 nitrogen and oxygen atoms in total. The van der Waals surface area contributed by atoms with Crippen LogP contribution in [0.5, 0.6) is 0 Å². The predicted molar refractivity (Wildman–Crippen MR) is 90.7 cm³/mol. The van der Waals surface area contributed by atoms with Crippen LogP contribution < -0.4 is 5.56 Å². The zero-order valence-corrected chi connectivity index (χ0v) is 15.0. The van der Waals surface area contributed by atoms with Crippen molar-refractivity contribution >= 4 is 25.7 Å². The largest absolute Gasteiger partial charge is 0.444 e. The van der Waals surface area contributed by atoms with Crippen molar-refractivity contribution in [3.05, 3.63) is 28.4 Å². The quantitative estimate of drug-likeness (QED) is 0.559. The first-order valence-electron chi connectivity index (χ1n) is 7.50. The average molecular weight is 372 g/mol. The Balaban J connectivity index is 2.20. The summed E-state index contributed by atoms with van der Waals surface area (Å²) in [7, 11) is -2.50. The molecule has 0 saturated carbocycles. The van der Waals surface area contributed by atoms with E-state index in [9.17, 15) is 9.59 Å². The zero-order valence-electron chi connectivity index (χ0n) is 14.1. The number of carbonyl (C=O) groups is 1. The molecule has 0 fully saturated rings. The van der Waals surface area contributed by atoms with E-state index in [2.05, 4.69) is 15.0 Å². The number of hydrogen-bond acceptors (Lipinski definition) is 7. The lowest BCUT2D eigenvalue weighted by Gasteiger charge is -2.27. The highest BCUT2D eigenvalue weighted by atomic mass is 31.2. The van der Waals surface area contributed by atoms with Gasteiger partial charge in [-0.15, -0.1) is 0 Å². The highest BCUT2D eigenvalue weighted by molar-refractivity contribution is 7.39. The molecular weight excluding hydrogens is 351 g/mol. The van der Waals surface area contributed by atoms with Crippen LogP contribution in [0.25, 0.3) is 11.0 Å². The van der Waals surface area contributed by atoms with Gasteiger partial charge in [0, 0.05) is 18.3 Å². The summed E-state index contributed by atoms with van der Waals surface area (Å²) in [5, 5.41) is 0. The predicted octanol–water partition coefficient (Wildman–Crippen LogP) is 1.22. The van der Waals surface area contributed by atoms with Crippen molar-refractivity contribution in [2.45, 2.75) is 32.9 Å². The molecule has 0 radical (unpaired) electrons. The third-order valence-electron chi connectivity index (χ3n) is 3.13. The van der Waals surface area contributed by atoms with Gasteiger partial charge in [-0.25, -0.2) is 9.78 Å². The molecule has 0 aliphatic heterocycles. The van der Waals surface area contributed by atoms with Crippen molar-refractivity contribution in [1.29, 1.82) is 0 Å². The molecule has 2 heterocycles. The van der Waals surface area contributed by atoms with Gasteiger partial charge in [0.1, 0.15) is 16.6 Å². The molecule has 0 aliphatic carbocycles. The van der Waals surface area contributed by atoms with Crippen molar-refractivity contribution in [2.24, 2.45) is 0 Å². The second kappa shape index (κ2) is 7.92. The Morgan fingerprint density at radius 2 is 2.08 bits per heavy atom. The summed E-state index contributed by atoms with van der Waals surface area (Å²) in [6.07, 6.45) is 2.29. The molecule has 0 aromatic carbocycles. The van der Waals surface area contributed by atoms with Gasteiger partial charge in [0.25, 0.3) is 5.56 Å². The van der Waals surface area contributed by atoms with E-state index < -0.39 is 20.3 Å². The Morgan fingerprint density at radius 1 is 1.36 bits per heavy atom. The Kier molecular flexibility index (Phi) is 6.12. The van der Waals surface area contributed by atoms with Crippen LogP contribution >= 0.6 is 8.60 Å². The number of hydrogen-bond donors (Lipinski definition) is 4. The van der Waals surface area contributed by atoms with E-state index in [1.54, 1.807) is 27.0 Å². The molecule has 2 aromatic rings. The Bertz CT molecular complexity index is 781. The Morgan fingerprint density at radius 3 is 2.72 bits per heavy atom. The van der Waals surface area contributed by atoms with Gasteiger partial charge in [0.2, 0.25) is 0 Å². The molecule has 0 atom stereocenters. The number of aromatic amines is 2. The number of carbonyl (C=O) groups excluding carboxylic acids is 1. The summed E-state index contributed by atoms with van der Waals surface area (Å²) in [5.74, 6) is 0. The van der Waals surface area contributed by atoms with Crippen LogP contribution in [0.4, 0.5) is 4.79 Å². The van der Waals surface area contributed by atoms with Crippen molar-refractivity contribution in [2.75, 3.05) is 13.2 Å². The van der Waals surface area contributed by atoms with Crippen molar-refractivity contribution in [3.63, 3.8) is 0 Å². The average Bonchev–Trinajstić information content (AvgIpc) is 2.88. The molecule has 2 aromatic heterocycles. The van der Waals surface area contributed by atoms with Crippen molar-refractivity contribution < 1.29 is 23.8 Å². The molecule has 0 bridgehead atoms. The van der Waals surface area contributed by atoms with E-state index in [1.165, 1.54) is 11.2 Å². The number of H-pyrrole nitrogens is 2. The van der Waals surface area contributed by atoms with Gasteiger partial charge in [-0.3, -0.25) is 4.79 Å². The van der Waals surface area contributed by atoms with E-state index >= 15 is 0 Å². The van der Waals surface area contributed by atoms with Gasteiger partial charge in [-0.2, -0.15) is 0 Å². The highest BCUT2D eigenvalue weighted by Gasteiger charge is 2.23. The first kappa shape index (κ1) is 19.3. The number of aromatic nitrogens is 3. The van der Waals surface area contributed by atoms with Crippen LogP contribution in [0.3, 0.4) is 0 Å². The zero-order chi connectivity index (χ0) is 18.6. The molecule has 2 rings (SSSR count). The van der Waals surface area contributed by atoms with Gasteiger partial charge in [-0.1, -0.05) is 0 Å². The van der Waals surface area contributed by atoms with Gasteiger partial charge < -0.3 is 33.9 Å². The molecule has 1 amide bonds. The lowest BCUT2D eigenvalue weighted by Crippen LogP contribution is -2.38. The number of fused-ring (bicyclic) bond motifs is 1. The monoisotopic (exact) mass is 372 g/mol. The SMILES string of the molecule is CC(C)(C)OC(=O)N(CCOP(O)O)Cc1c[nH]c2c(=O)[nH]cnc12. The van der Waals surface area contributed by atoms with Crippen LogP contribution in [-0.4, -0.2) is 54.5 Å². The topological polar surface area (TPSA) is 141 Å². The minimum atomic E-state index is -2.50. The summed E-state index contributed by atoms with van der Waals surface area (Å²) in [4.78, 5) is 52.6. The summed E-state index contributed by atoms with van der Waals surface area (Å²) in [6, 6.07) is 0. The smallest absolute Gasteiger partial charge is 0.410 e. The molecule has 0 saturated heterocycles. The molecule has 138 valence electrons. The summed E-state index contributed by atoms with van der Waals surface area (Å²) in [5.41, 5.74) is 0.389. The maximum Gasteiger partial charge on any atom is 0.410 e. The lowest BCUT2D eigenvalue weighted by molar-refractivity contribution is 0.0206. The number of ether oxygens (including phenoxy) is 1. The van der Waals surface area contributed by atoms with Crippen LogP contribution in [0.15, 0.2) is 17.3 Å². The fraction of sp³-hybridized carbons (Fsp3) is 0.500. The number of nitrogens with one attached hydrogen (secondary N) is 2. The third kappa shape index (κ3) is 5.50. The van der Waals surface area contributed by atoms with Crippen molar-refractivity contribution in [1.82, 2.24) is 19.9 Å². The molecule has 0 unspecified atom stereocenters. The maximum absolute atomic E-state index is 12.4. The third-order valence-corrected chi connectivity index (χ3v) is 3.54. The van der Waals surface area contributed by atoms with E-state index in [-0.39, 0.29) is 25.3 Å². The molecule has 0 spiro atoms. The van der Waals surface area contributed by atoms with Gasteiger partial charge >= 0.3 is 14.7 Å². The number of amides is 1. The minimum Gasteiger partial charge on any atom is -0.444 e. The normalized spacial score (nSPS) is 11.9. The van der Waals surface area contributed by atoms with E-state index in [0.29, 0.717) is 16.6 Å². The Hall–Kier alpha value is -2.00. The Labute approximate surface area is 144 Å².